The Morgan fingerprint density at radius 1 is 1.21 bits per heavy atom. The van der Waals surface area contributed by atoms with Crippen molar-refractivity contribution in [3.8, 4) is 6.07 Å². The van der Waals surface area contributed by atoms with Crippen LogP contribution in [-0.4, -0.2) is 17.6 Å². The van der Waals surface area contributed by atoms with Gasteiger partial charge in [0.1, 0.15) is 6.07 Å². The van der Waals surface area contributed by atoms with E-state index < -0.39 is 11.4 Å². The minimum absolute atomic E-state index is 0.249. The van der Waals surface area contributed by atoms with Crippen LogP contribution in [0, 0.1) is 11.3 Å². The van der Waals surface area contributed by atoms with E-state index in [1.54, 1.807) is 11.3 Å². The van der Waals surface area contributed by atoms with Crippen LogP contribution >= 0.6 is 11.3 Å². The highest BCUT2D eigenvalue weighted by Crippen LogP contribution is 2.33. The van der Waals surface area contributed by atoms with Gasteiger partial charge in [0.05, 0.1) is 20.6 Å². The summed E-state index contributed by atoms with van der Waals surface area (Å²) in [5.41, 5.74) is 0.900. The maximum absolute atomic E-state index is 12.6. The Kier molecular flexibility index (Phi) is 4.59. The van der Waals surface area contributed by atoms with Gasteiger partial charge in [-0.3, -0.25) is 4.79 Å². The number of esters is 1. The van der Waals surface area contributed by atoms with Crippen LogP contribution in [0.15, 0.2) is 54.6 Å². The highest BCUT2D eigenvalue weighted by Gasteiger charge is 2.38. The average molecular weight is 336 g/mol. The summed E-state index contributed by atoms with van der Waals surface area (Å²) in [6.45, 7) is 1.59. The first kappa shape index (κ1) is 16.2. The first-order valence-corrected chi connectivity index (χ1v) is 8.39. The Balaban J connectivity index is 1.98. The van der Waals surface area contributed by atoms with Crippen LogP contribution in [-0.2, 0) is 21.4 Å². The average Bonchev–Trinajstić information content (AvgIpc) is 3.02. The molecule has 4 nitrogen and oxygen atoms in total. The normalized spacial score (nSPS) is 13.2. The summed E-state index contributed by atoms with van der Waals surface area (Å²) in [5, 5.41) is 9.57. The topological polar surface area (TPSA) is 63.0 Å². The minimum atomic E-state index is -0.883. The summed E-state index contributed by atoms with van der Waals surface area (Å²) >= 11 is 1.58. The van der Waals surface area contributed by atoms with E-state index in [1.807, 2.05) is 67.6 Å². The highest BCUT2D eigenvalue weighted by molar-refractivity contribution is 7.18. The van der Waals surface area contributed by atoms with E-state index in [9.17, 15) is 4.79 Å². The second-order valence-electron chi connectivity index (χ2n) is 5.68. The molecule has 1 heterocycles. The number of hydrogen-bond acceptors (Lipinski definition) is 5. The molecule has 2 aromatic carbocycles. The molecular formula is C19H16N2O2S. The minimum Gasteiger partial charge on any atom is -0.450 e. The number of hydrogen-bond donors (Lipinski definition) is 0. The summed E-state index contributed by atoms with van der Waals surface area (Å²) in [7, 11) is 0. The largest absolute Gasteiger partial charge is 0.450 e. The molecule has 0 spiro atoms. The molecule has 0 amide bonds. The SMILES string of the molecule is C[C@](Cc1nc2ccccc2s1)(C(=O)OCC#N)c1ccccc1. The predicted octanol–water partition coefficient (Wildman–Crippen LogP) is 3.86. The van der Waals surface area contributed by atoms with Crippen LogP contribution in [0.4, 0.5) is 0 Å². The molecule has 0 saturated carbocycles. The molecule has 0 aliphatic heterocycles. The van der Waals surface area contributed by atoms with Crippen molar-refractivity contribution in [3.63, 3.8) is 0 Å². The van der Waals surface area contributed by atoms with Gasteiger partial charge in [0.25, 0.3) is 0 Å². The summed E-state index contributed by atoms with van der Waals surface area (Å²) in [4.78, 5) is 17.3. The van der Waals surface area contributed by atoms with Crippen molar-refractivity contribution in [2.75, 3.05) is 6.61 Å². The molecule has 0 fully saturated rings. The van der Waals surface area contributed by atoms with Crippen molar-refractivity contribution in [2.45, 2.75) is 18.8 Å². The van der Waals surface area contributed by atoms with Gasteiger partial charge in [-0.15, -0.1) is 11.3 Å². The van der Waals surface area contributed by atoms with Crippen LogP contribution in [0.1, 0.15) is 17.5 Å². The number of fused-ring (bicyclic) bond motifs is 1. The number of aromatic nitrogens is 1. The zero-order valence-electron chi connectivity index (χ0n) is 13.2. The summed E-state index contributed by atoms with van der Waals surface area (Å²) < 4.78 is 6.22. The fourth-order valence-corrected chi connectivity index (χ4v) is 3.78. The van der Waals surface area contributed by atoms with Crippen LogP contribution in [0.25, 0.3) is 10.2 Å². The smallest absolute Gasteiger partial charge is 0.317 e. The van der Waals surface area contributed by atoms with Gasteiger partial charge in [0.2, 0.25) is 0 Å². The number of carbonyl (C=O) groups is 1. The molecule has 0 bridgehead atoms. The third-order valence-corrected chi connectivity index (χ3v) is 5.01. The van der Waals surface area contributed by atoms with Gasteiger partial charge in [0, 0.05) is 6.42 Å². The number of nitriles is 1. The van der Waals surface area contributed by atoms with E-state index in [1.165, 1.54) is 0 Å². The molecule has 0 unspecified atom stereocenters. The molecule has 120 valence electrons. The second-order valence-corrected chi connectivity index (χ2v) is 6.80. The molecule has 0 N–H and O–H groups in total. The first-order chi connectivity index (χ1) is 11.6. The molecule has 3 rings (SSSR count). The van der Waals surface area contributed by atoms with E-state index >= 15 is 0 Å². The number of nitrogens with zero attached hydrogens (tertiary/aromatic N) is 2. The number of ether oxygens (including phenoxy) is 1. The Labute approximate surface area is 144 Å². The molecule has 0 radical (unpaired) electrons. The Morgan fingerprint density at radius 3 is 2.62 bits per heavy atom. The first-order valence-electron chi connectivity index (χ1n) is 7.57. The standard InChI is InChI=1S/C19H16N2O2S/c1-19(18(22)23-12-11-20,14-7-3-2-4-8-14)13-17-21-15-9-5-6-10-16(15)24-17/h2-10H,12-13H2,1H3/t19-/m1/s1. The molecule has 3 aromatic rings. The lowest BCUT2D eigenvalue weighted by molar-refractivity contribution is -0.148. The van der Waals surface area contributed by atoms with E-state index in [4.69, 9.17) is 10.00 Å². The summed E-state index contributed by atoms with van der Waals surface area (Å²) in [5.74, 6) is -0.408. The lowest BCUT2D eigenvalue weighted by Crippen LogP contribution is -2.36. The molecule has 0 saturated heterocycles. The van der Waals surface area contributed by atoms with E-state index in [-0.39, 0.29) is 6.61 Å². The lowest BCUT2D eigenvalue weighted by atomic mass is 9.79. The number of carbonyl (C=O) groups excluding carboxylic acids is 1. The van der Waals surface area contributed by atoms with Gasteiger partial charge < -0.3 is 4.74 Å². The van der Waals surface area contributed by atoms with E-state index in [0.29, 0.717) is 6.42 Å². The van der Waals surface area contributed by atoms with Gasteiger partial charge in [-0.1, -0.05) is 42.5 Å². The van der Waals surface area contributed by atoms with E-state index in [0.717, 1.165) is 20.8 Å². The molecule has 24 heavy (non-hydrogen) atoms. The van der Waals surface area contributed by atoms with Crippen molar-refractivity contribution in [2.24, 2.45) is 0 Å². The zero-order valence-corrected chi connectivity index (χ0v) is 14.0. The Hall–Kier alpha value is -2.71. The van der Waals surface area contributed by atoms with Crippen molar-refractivity contribution in [1.82, 2.24) is 4.98 Å². The van der Waals surface area contributed by atoms with Gasteiger partial charge in [-0.05, 0) is 24.6 Å². The van der Waals surface area contributed by atoms with Crippen molar-refractivity contribution in [3.05, 3.63) is 65.2 Å². The lowest BCUT2D eigenvalue weighted by Gasteiger charge is -2.26. The van der Waals surface area contributed by atoms with Crippen molar-refractivity contribution in [1.29, 1.82) is 5.26 Å². The highest BCUT2D eigenvalue weighted by atomic mass is 32.1. The zero-order chi connectivity index (χ0) is 17.0. The molecule has 0 aliphatic rings. The molecule has 1 atom stereocenters. The number of para-hydroxylation sites is 1. The maximum atomic E-state index is 12.6. The summed E-state index contributed by atoms with van der Waals surface area (Å²) in [6, 6.07) is 19.3. The number of thiazole rings is 1. The second kappa shape index (κ2) is 6.81. The van der Waals surface area contributed by atoms with Crippen LogP contribution in [0.5, 0.6) is 0 Å². The third-order valence-electron chi connectivity index (χ3n) is 3.97. The van der Waals surface area contributed by atoms with E-state index in [2.05, 4.69) is 4.98 Å². The molecule has 0 aliphatic carbocycles. The fourth-order valence-electron chi connectivity index (χ4n) is 2.65. The Morgan fingerprint density at radius 2 is 1.92 bits per heavy atom. The molecule has 1 aromatic heterocycles. The molecular weight excluding hydrogens is 320 g/mol. The quantitative estimate of drug-likeness (QED) is 0.664. The molecule has 5 heteroatoms. The van der Waals surface area contributed by atoms with Gasteiger partial charge in [-0.25, -0.2) is 4.98 Å². The van der Waals surface area contributed by atoms with Crippen LogP contribution in [0.2, 0.25) is 0 Å². The van der Waals surface area contributed by atoms with Crippen molar-refractivity contribution >= 4 is 27.5 Å². The Bertz CT molecular complexity index is 865. The van der Waals surface area contributed by atoms with Gasteiger partial charge in [-0.2, -0.15) is 5.26 Å². The van der Waals surface area contributed by atoms with Crippen LogP contribution < -0.4 is 0 Å². The van der Waals surface area contributed by atoms with Crippen molar-refractivity contribution < 1.29 is 9.53 Å². The van der Waals surface area contributed by atoms with Crippen LogP contribution in [0.3, 0.4) is 0 Å². The predicted molar refractivity (Wildman–Crippen MR) is 93.7 cm³/mol. The summed E-state index contributed by atoms with van der Waals surface area (Å²) in [6.07, 6.45) is 0.431. The number of benzene rings is 2. The monoisotopic (exact) mass is 336 g/mol. The maximum Gasteiger partial charge on any atom is 0.317 e. The fraction of sp³-hybridized carbons (Fsp3) is 0.211. The van der Waals surface area contributed by atoms with Gasteiger partial charge in [0.15, 0.2) is 6.61 Å². The third kappa shape index (κ3) is 3.15. The van der Waals surface area contributed by atoms with Gasteiger partial charge >= 0.3 is 5.97 Å². The number of rotatable bonds is 5.